The Morgan fingerprint density at radius 3 is 2.53 bits per heavy atom. The number of carbonyl (C=O) groups is 1. The largest absolute Gasteiger partial charge is 0.487 e. The van der Waals surface area contributed by atoms with Gasteiger partial charge in [0.05, 0.1) is 11.3 Å². The van der Waals surface area contributed by atoms with Crippen LogP contribution in [0, 0.1) is 0 Å². The van der Waals surface area contributed by atoms with Crippen LogP contribution in [0.5, 0.6) is 5.75 Å². The van der Waals surface area contributed by atoms with E-state index in [0.29, 0.717) is 28.3 Å². The smallest absolute Gasteiger partial charge is 0.417 e. The highest BCUT2D eigenvalue weighted by Gasteiger charge is 2.31. The molecule has 4 aromatic rings. The molecule has 164 valence electrons. The molecular formula is C22H17F3N4O3. The van der Waals surface area contributed by atoms with Gasteiger partial charge >= 0.3 is 6.18 Å². The number of halogens is 3. The second kappa shape index (κ2) is 8.58. The summed E-state index contributed by atoms with van der Waals surface area (Å²) in [5.74, 6) is -0.0843. The molecule has 0 aliphatic carbocycles. The van der Waals surface area contributed by atoms with Gasteiger partial charge in [-0.25, -0.2) is 4.98 Å². The zero-order valence-electron chi connectivity index (χ0n) is 16.5. The Hall–Kier alpha value is -4.08. The summed E-state index contributed by atoms with van der Waals surface area (Å²) in [4.78, 5) is 28.4. The SMILES string of the molecule is O=C(Cn1cc(C(F)(F)F)ccc1=O)Nc1ccc(OCc2cn3ccccc3n2)cc1. The lowest BCUT2D eigenvalue weighted by Gasteiger charge is -2.11. The van der Waals surface area contributed by atoms with Crippen LogP contribution in [0.4, 0.5) is 18.9 Å². The predicted octanol–water partition coefficient (Wildman–Crippen LogP) is 3.73. The first kappa shape index (κ1) is 21.2. The number of benzene rings is 1. The highest BCUT2D eigenvalue weighted by Crippen LogP contribution is 2.28. The van der Waals surface area contributed by atoms with E-state index in [4.69, 9.17) is 4.74 Å². The fourth-order valence-corrected chi connectivity index (χ4v) is 3.03. The van der Waals surface area contributed by atoms with Gasteiger partial charge in [-0.3, -0.25) is 9.59 Å². The third-order valence-electron chi connectivity index (χ3n) is 4.56. The van der Waals surface area contributed by atoms with E-state index < -0.39 is 29.8 Å². The summed E-state index contributed by atoms with van der Waals surface area (Å²) in [6.07, 6.45) is -0.236. The lowest BCUT2D eigenvalue weighted by Crippen LogP contribution is -2.28. The average molecular weight is 442 g/mol. The van der Waals surface area contributed by atoms with E-state index in [1.54, 1.807) is 24.3 Å². The fourth-order valence-electron chi connectivity index (χ4n) is 3.03. The number of carbonyl (C=O) groups excluding carboxylic acids is 1. The van der Waals surface area contributed by atoms with Gasteiger partial charge in [-0.1, -0.05) is 6.07 Å². The molecule has 4 rings (SSSR count). The predicted molar refractivity (Wildman–Crippen MR) is 110 cm³/mol. The average Bonchev–Trinajstić information content (AvgIpc) is 3.17. The maximum absolute atomic E-state index is 12.8. The molecule has 0 radical (unpaired) electrons. The Kier molecular flexibility index (Phi) is 5.67. The van der Waals surface area contributed by atoms with Crippen LogP contribution in [0.15, 0.2) is 78.0 Å². The van der Waals surface area contributed by atoms with E-state index in [0.717, 1.165) is 17.4 Å². The number of fused-ring (bicyclic) bond motifs is 1. The molecule has 0 bridgehead atoms. The standard InChI is InChI=1S/C22H17F3N4O3/c23-22(24,25)15-4-9-21(31)29(11-15)13-20(30)27-16-5-7-18(8-6-16)32-14-17-12-28-10-2-1-3-19(28)26-17/h1-12H,13-14H2,(H,27,30). The number of nitrogens with zero attached hydrogens (tertiary/aromatic N) is 3. The third kappa shape index (κ3) is 4.97. The van der Waals surface area contributed by atoms with E-state index >= 15 is 0 Å². The van der Waals surface area contributed by atoms with Crippen LogP contribution in [-0.2, 0) is 24.1 Å². The van der Waals surface area contributed by atoms with Gasteiger partial charge in [-0.2, -0.15) is 13.2 Å². The zero-order valence-corrected chi connectivity index (χ0v) is 16.5. The fraction of sp³-hybridized carbons (Fsp3) is 0.136. The van der Waals surface area contributed by atoms with Crippen LogP contribution in [0.2, 0.25) is 0 Å². The van der Waals surface area contributed by atoms with Crippen molar-refractivity contribution in [2.24, 2.45) is 0 Å². The topological polar surface area (TPSA) is 77.6 Å². The van der Waals surface area contributed by atoms with E-state index in [-0.39, 0.29) is 6.61 Å². The van der Waals surface area contributed by atoms with Crippen molar-refractivity contribution in [3.8, 4) is 5.75 Å². The van der Waals surface area contributed by atoms with Crippen molar-refractivity contribution in [2.45, 2.75) is 19.3 Å². The van der Waals surface area contributed by atoms with E-state index in [9.17, 15) is 22.8 Å². The maximum atomic E-state index is 12.8. The highest BCUT2D eigenvalue weighted by molar-refractivity contribution is 5.90. The molecule has 3 heterocycles. The van der Waals surface area contributed by atoms with Gasteiger partial charge in [0.15, 0.2) is 0 Å². The van der Waals surface area contributed by atoms with Gasteiger partial charge < -0.3 is 19.0 Å². The molecule has 3 aromatic heterocycles. The van der Waals surface area contributed by atoms with Gasteiger partial charge in [0.1, 0.15) is 24.5 Å². The Balaban J connectivity index is 1.35. The quantitative estimate of drug-likeness (QED) is 0.494. The molecule has 1 aromatic carbocycles. The summed E-state index contributed by atoms with van der Waals surface area (Å²) in [5, 5.41) is 2.54. The summed E-state index contributed by atoms with van der Waals surface area (Å²) >= 11 is 0. The van der Waals surface area contributed by atoms with Crippen molar-refractivity contribution in [1.29, 1.82) is 0 Å². The summed E-state index contributed by atoms with van der Waals surface area (Å²) in [6.45, 7) is -0.291. The molecule has 10 heteroatoms. The number of anilines is 1. The molecule has 0 aliphatic heterocycles. The summed E-state index contributed by atoms with van der Waals surface area (Å²) in [6, 6.07) is 13.6. The van der Waals surface area contributed by atoms with Crippen molar-refractivity contribution >= 4 is 17.2 Å². The van der Waals surface area contributed by atoms with Crippen molar-refractivity contribution in [3.63, 3.8) is 0 Å². The van der Waals surface area contributed by atoms with Crippen molar-refractivity contribution in [1.82, 2.24) is 14.0 Å². The molecule has 0 fully saturated rings. The normalized spacial score (nSPS) is 11.5. The van der Waals surface area contributed by atoms with Crippen LogP contribution in [0.3, 0.4) is 0 Å². The third-order valence-corrected chi connectivity index (χ3v) is 4.56. The van der Waals surface area contributed by atoms with Crippen LogP contribution in [0.25, 0.3) is 5.65 Å². The molecule has 0 saturated carbocycles. The minimum absolute atomic E-state index is 0.256. The van der Waals surface area contributed by atoms with Crippen LogP contribution in [-0.4, -0.2) is 19.9 Å². The molecule has 32 heavy (non-hydrogen) atoms. The van der Waals surface area contributed by atoms with E-state index in [1.165, 1.54) is 0 Å². The molecule has 0 aliphatic rings. The minimum Gasteiger partial charge on any atom is -0.487 e. The van der Waals surface area contributed by atoms with Crippen molar-refractivity contribution < 1.29 is 22.7 Å². The monoisotopic (exact) mass is 442 g/mol. The second-order valence-corrected chi connectivity index (χ2v) is 6.94. The molecule has 0 saturated heterocycles. The number of hydrogen-bond acceptors (Lipinski definition) is 4. The first-order valence-corrected chi connectivity index (χ1v) is 9.51. The van der Waals surface area contributed by atoms with E-state index in [1.807, 2.05) is 35.0 Å². The molecule has 0 unspecified atom stereocenters. The first-order chi connectivity index (χ1) is 15.3. The lowest BCUT2D eigenvalue weighted by molar-refractivity contribution is -0.138. The van der Waals surface area contributed by atoms with Crippen LogP contribution in [0.1, 0.15) is 11.3 Å². The van der Waals surface area contributed by atoms with Gasteiger partial charge in [0.25, 0.3) is 5.56 Å². The molecular weight excluding hydrogens is 425 g/mol. The number of aromatic nitrogens is 3. The number of ether oxygens (including phenoxy) is 1. The number of rotatable bonds is 6. The summed E-state index contributed by atoms with van der Waals surface area (Å²) in [7, 11) is 0. The Labute approximate surface area is 179 Å². The van der Waals surface area contributed by atoms with Gasteiger partial charge in [-0.15, -0.1) is 0 Å². The van der Waals surface area contributed by atoms with Gasteiger partial charge in [0, 0.05) is 30.3 Å². The Morgan fingerprint density at radius 2 is 1.81 bits per heavy atom. The summed E-state index contributed by atoms with van der Waals surface area (Å²) < 4.78 is 46.7. The maximum Gasteiger partial charge on any atom is 0.417 e. The lowest BCUT2D eigenvalue weighted by atomic mass is 10.2. The van der Waals surface area contributed by atoms with Gasteiger partial charge in [-0.05, 0) is 42.5 Å². The number of pyridine rings is 2. The number of imidazole rings is 1. The Morgan fingerprint density at radius 1 is 1.03 bits per heavy atom. The number of nitrogens with one attached hydrogen (secondary N) is 1. The molecule has 1 N–H and O–H groups in total. The first-order valence-electron chi connectivity index (χ1n) is 9.51. The molecule has 7 nitrogen and oxygen atoms in total. The number of alkyl halides is 3. The Bertz CT molecular complexity index is 1280. The highest BCUT2D eigenvalue weighted by atomic mass is 19.4. The zero-order chi connectivity index (χ0) is 22.7. The van der Waals surface area contributed by atoms with Crippen LogP contribution < -0.4 is 15.6 Å². The summed E-state index contributed by atoms with van der Waals surface area (Å²) in [5.41, 5.74) is 0.264. The van der Waals surface area contributed by atoms with Gasteiger partial charge in [0.2, 0.25) is 5.91 Å². The second-order valence-electron chi connectivity index (χ2n) is 6.94. The minimum atomic E-state index is -4.61. The number of hydrogen-bond donors (Lipinski definition) is 1. The number of amides is 1. The van der Waals surface area contributed by atoms with E-state index in [2.05, 4.69) is 10.3 Å². The van der Waals surface area contributed by atoms with Crippen LogP contribution >= 0.6 is 0 Å². The van der Waals surface area contributed by atoms with Crippen molar-refractivity contribution in [2.75, 3.05) is 5.32 Å². The molecule has 0 atom stereocenters. The van der Waals surface area contributed by atoms with Crippen molar-refractivity contribution in [3.05, 3.63) is 94.8 Å². The molecule has 1 amide bonds. The molecule has 0 spiro atoms.